The number of methoxy groups -OCH3 is 2. The van der Waals surface area contributed by atoms with Crippen LogP contribution in [0.3, 0.4) is 0 Å². The number of carbonyl (C=O) groups is 2. The second-order valence-electron chi connectivity index (χ2n) is 8.98. The van der Waals surface area contributed by atoms with Crippen molar-refractivity contribution >= 4 is 17.5 Å². The number of nitrogens with zero attached hydrogens (tertiary/aromatic N) is 5. The first-order valence-electron chi connectivity index (χ1n) is 12.1. The normalized spacial score (nSPS) is 14.3. The Hall–Kier alpha value is -3.95. The van der Waals surface area contributed by atoms with Crippen LogP contribution < -0.4 is 19.7 Å². The fraction of sp³-hybridized carbons (Fsp3) is 0.423. The molecule has 0 radical (unpaired) electrons. The highest BCUT2D eigenvalue weighted by molar-refractivity contribution is 6.01. The van der Waals surface area contributed by atoms with Gasteiger partial charge in [0.05, 0.1) is 19.9 Å². The van der Waals surface area contributed by atoms with Crippen LogP contribution in [0, 0.1) is 6.92 Å². The van der Waals surface area contributed by atoms with Crippen LogP contribution >= 0.6 is 0 Å². The molecular formula is C26H32N6O4. The van der Waals surface area contributed by atoms with Crippen LogP contribution in [-0.2, 0) is 16.1 Å². The molecule has 1 aromatic heterocycles. The third kappa shape index (κ3) is 5.64. The van der Waals surface area contributed by atoms with Gasteiger partial charge in [-0.3, -0.25) is 14.5 Å². The third-order valence-electron chi connectivity index (χ3n) is 6.42. The van der Waals surface area contributed by atoms with E-state index in [9.17, 15) is 9.59 Å². The molecule has 0 saturated heterocycles. The van der Waals surface area contributed by atoms with Gasteiger partial charge in [-0.05, 0) is 44.0 Å². The predicted octanol–water partition coefficient (Wildman–Crippen LogP) is 3.15. The number of aromatic nitrogens is 4. The van der Waals surface area contributed by atoms with Gasteiger partial charge >= 0.3 is 0 Å². The van der Waals surface area contributed by atoms with E-state index in [0.717, 1.165) is 36.8 Å². The average Bonchev–Trinajstić information content (AvgIpc) is 3.57. The zero-order valence-corrected chi connectivity index (χ0v) is 21.1. The van der Waals surface area contributed by atoms with Gasteiger partial charge in [-0.15, -0.1) is 10.2 Å². The van der Waals surface area contributed by atoms with Crippen LogP contribution in [-0.4, -0.2) is 58.3 Å². The van der Waals surface area contributed by atoms with Crippen molar-refractivity contribution in [1.82, 2.24) is 25.5 Å². The summed E-state index contributed by atoms with van der Waals surface area (Å²) in [5.41, 5.74) is 2.38. The van der Waals surface area contributed by atoms with E-state index in [-0.39, 0.29) is 24.4 Å². The number of amides is 2. The maximum Gasteiger partial charge on any atom is 0.251 e. The Morgan fingerprint density at radius 1 is 1.11 bits per heavy atom. The molecule has 2 aromatic carbocycles. The van der Waals surface area contributed by atoms with Crippen molar-refractivity contribution in [2.24, 2.45) is 0 Å². The van der Waals surface area contributed by atoms with Crippen molar-refractivity contribution < 1.29 is 19.1 Å². The van der Waals surface area contributed by atoms with Gasteiger partial charge in [0.1, 0.15) is 24.1 Å². The lowest BCUT2D eigenvalue weighted by Crippen LogP contribution is -2.51. The Kier molecular flexibility index (Phi) is 7.82. The maximum absolute atomic E-state index is 13.6. The molecule has 1 heterocycles. The summed E-state index contributed by atoms with van der Waals surface area (Å²) in [5, 5.41) is 15.6. The van der Waals surface area contributed by atoms with Crippen LogP contribution in [0.4, 0.5) is 5.69 Å². The molecule has 0 spiro atoms. The smallest absolute Gasteiger partial charge is 0.251 e. The number of benzene rings is 2. The van der Waals surface area contributed by atoms with E-state index in [2.05, 4.69) is 20.7 Å². The Bertz CT molecular complexity index is 1200. The zero-order valence-electron chi connectivity index (χ0n) is 21.1. The van der Waals surface area contributed by atoms with Gasteiger partial charge in [-0.25, -0.2) is 0 Å². The number of anilines is 1. The van der Waals surface area contributed by atoms with E-state index < -0.39 is 6.04 Å². The molecule has 1 N–H and O–H groups in total. The minimum atomic E-state index is -0.791. The lowest BCUT2D eigenvalue weighted by molar-refractivity contribution is -0.127. The van der Waals surface area contributed by atoms with Gasteiger partial charge in [0.2, 0.25) is 11.7 Å². The summed E-state index contributed by atoms with van der Waals surface area (Å²) < 4.78 is 10.8. The first-order valence-corrected chi connectivity index (χ1v) is 12.1. The summed E-state index contributed by atoms with van der Waals surface area (Å²) in [4.78, 5) is 29.5. The second kappa shape index (κ2) is 11.2. The molecule has 2 amide bonds. The molecule has 1 atom stereocenters. The van der Waals surface area contributed by atoms with Crippen LogP contribution in [0.1, 0.15) is 38.2 Å². The molecule has 1 aliphatic carbocycles. The molecule has 10 nitrogen and oxygen atoms in total. The van der Waals surface area contributed by atoms with Gasteiger partial charge in [0.15, 0.2) is 0 Å². The lowest BCUT2D eigenvalue weighted by atomic mass is 10.1. The highest BCUT2D eigenvalue weighted by Gasteiger charge is 2.32. The minimum Gasteiger partial charge on any atom is -0.497 e. The summed E-state index contributed by atoms with van der Waals surface area (Å²) >= 11 is 0. The number of rotatable bonds is 9. The molecular weight excluding hydrogens is 460 g/mol. The van der Waals surface area contributed by atoms with E-state index in [4.69, 9.17) is 9.47 Å². The highest BCUT2D eigenvalue weighted by atomic mass is 16.5. The van der Waals surface area contributed by atoms with Gasteiger partial charge in [-0.1, -0.05) is 42.7 Å². The van der Waals surface area contributed by atoms with Gasteiger partial charge in [0, 0.05) is 17.7 Å². The van der Waals surface area contributed by atoms with Crippen molar-refractivity contribution in [1.29, 1.82) is 0 Å². The Balaban J connectivity index is 1.61. The molecule has 1 aliphatic rings. The number of carbonyl (C=O) groups excluding carboxylic acids is 2. The first kappa shape index (κ1) is 25.2. The second-order valence-corrected chi connectivity index (χ2v) is 8.98. The predicted molar refractivity (Wildman–Crippen MR) is 135 cm³/mol. The van der Waals surface area contributed by atoms with Crippen molar-refractivity contribution in [2.45, 2.75) is 58.2 Å². The molecule has 4 rings (SSSR count). The molecule has 3 aromatic rings. The average molecular weight is 493 g/mol. The highest BCUT2D eigenvalue weighted by Crippen LogP contribution is 2.34. The van der Waals surface area contributed by atoms with E-state index in [1.165, 1.54) is 16.8 Å². The fourth-order valence-electron chi connectivity index (χ4n) is 4.38. The van der Waals surface area contributed by atoms with Crippen LogP contribution in [0.25, 0.3) is 11.4 Å². The monoisotopic (exact) mass is 492 g/mol. The topological polar surface area (TPSA) is 111 Å². The number of nitrogens with one attached hydrogen (secondary N) is 1. The van der Waals surface area contributed by atoms with Crippen LogP contribution in [0.15, 0.2) is 42.5 Å². The van der Waals surface area contributed by atoms with Crippen molar-refractivity contribution in [2.75, 3.05) is 19.1 Å². The molecule has 36 heavy (non-hydrogen) atoms. The molecule has 0 bridgehead atoms. The first-order chi connectivity index (χ1) is 17.4. The Morgan fingerprint density at radius 2 is 1.83 bits per heavy atom. The SMILES string of the molecule is COc1ccc(N(C(=O)Cn2nnc(-c3ccc(C)cc3)n2)[C@@H](C)C(=O)NC2CCCC2)c(OC)c1. The van der Waals surface area contributed by atoms with E-state index in [1.54, 1.807) is 32.2 Å². The van der Waals surface area contributed by atoms with Crippen LogP contribution in [0.5, 0.6) is 11.5 Å². The molecule has 10 heteroatoms. The fourth-order valence-corrected chi connectivity index (χ4v) is 4.38. The molecule has 0 unspecified atom stereocenters. The summed E-state index contributed by atoms with van der Waals surface area (Å²) in [6.07, 6.45) is 4.08. The number of ether oxygens (including phenoxy) is 2. The van der Waals surface area contributed by atoms with Crippen molar-refractivity contribution in [3.05, 3.63) is 48.0 Å². The van der Waals surface area contributed by atoms with Crippen molar-refractivity contribution in [3.8, 4) is 22.9 Å². The van der Waals surface area contributed by atoms with Gasteiger partial charge in [-0.2, -0.15) is 4.80 Å². The summed E-state index contributed by atoms with van der Waals surface area (Å²) in [7, 11) is 3.06. The molecule has 1 fully saturated rings. The third-order valence-corrected chi connectivity index (χ3v) is 6.42. The lowest BCUT2D eigenvalue weighted by Gasteiger charge is -2.30. The minimum absolute atomic E-state index is 0.128. The molecule has 0 aliphatic heterocycles. The zero-order chi connectivity index (χ0) is 25.7. The van der Waals surface area contributed by atoms with Crippen molar-refractivity contribution in [3.63, 3.8) is 0 Å². The quantitative estimate of drug-likeness (QED) is 0.488. The van der Waals surface area contributed by atoms with Gasteiger partial charge < -0.3 is 14.8 Å². The summed E-state index contributed by atoms with van der Waals surface area (Å²) in [6.45, 7) is 3.51. The van der Waals surface area contributed by atoms with Crippen LogP contribution in [0.2, 0.25) is 0 Å². The number of aryl methyl sites for hydroxylation is 1. The Morgan fingerprint density at radius 3 is 2.50 bits per heavy atom. The number of hydrogen-bond acceptors (Lipinski definition) is 7. The van der Waals surface area contributed by atoms with Gasteiger partial charge in [0.25, 0.3) is 5.91 Å². The largest absolute Gasteiger partial charge is 0.497 e. The Labute approximate surface area is 210 Å². The number of hydrogen-bond donors (Lipinski definition) is 1. The maximum atomic E-state index is 13.6. The number of tetrazole rings is 1. The standard InChI is InChI=1S/C26H32N6O4/c1-17-9-11-19(12-10-17)25-28-30-31(29-25)16-24(33)32(18(2)26(34)27-20-7-5-6-8-20)22-14-13-21(35-3)15-23(22)36-4/h9-15,18,20H,5-8,16H2,1-4H3,(H,27,34)/t18-/m0/s1. The summed E-state index contributed by atoms with van der Waals surface area (Å²) in [5.74, 6) is 0.811. The van der Waals surface area contributed by atoms with E-state index in [1.807, 2.05) is 31.2 Å². The molecule has 1 saturated carbocycles. The van der Waals surface area contributed by atoms with E-state index >= 15 is 0 Å². The molecule has 190 valence electrons. The van der Waals surface area contributed by atoms with E-state index in [0.29, 0.717) is 23.0 Å². The summed E-state index contributed by atoms with van der Waals surface area (Å²) in [6, 6.07) is 12.2.